The van der Waals surface area contributed by atoms with Crippen molar-refractivity contribution in [3.05, 3.63) is 12.2 Å². The standard InChI is InChI=1S/C4H9FN2/c5-3-1-2-4-7-6/h1-2,7H,3-4,6H2. The Morgan fingerprint density at radius 2 is 2.29 bits per heavy atom. The maximum Gasteiger partial charge on any atom is 0.108 e. The molecule has 0 aromatic rings. The van der Waals surface area contributed by atoms with Gasteiger partial charge >= 0.3 is 0 Å². The molecule has 0 aliphatic rings. The predicted molar refractivity (Wildman–Crippen MR) is 27.3 cm³/mol. The van der Waals surface area contributed by atoms with E-state index in [4.69, 9.17) is 5.84 Å². The third kappa shape index (κ3) is 5.59. The molecule has 0 unspecified atom stereocenters. The first-order valence-corrected chi connectivity index (χ1v) is 2.06. The Morgan fingerprint density at radius 1 is 1.57 bits per heavy atom. The normalized spacial score (nSPS) is 10.6. The zero-order chi connectivity index (χ0) is 5.54. The lowest BCUT2D eigenvalue weighted by Gasteiger charge is -1.83. The molecule has 3 heteroatoms. The van der Waals surface area contributed by atoms with E-state index in [1.165, 1.54) is 6.08 Å². The smallest absolute Gasteiger partial charge is 0.108 e. The molecular weight excluding hydrogens is 95.1 g/mol. The summed E-state index contributed by atoms with van der Waals surface area (Å²) >= 11 is 0. The minimum atomic E-state index is -0.415. The van der Waals surface area contributed by atoms with Gasteiger partial charge in [0.1, 0.15) is 6.67 Å². The maximum absolute atomic E-state index is 11.2. The third-order valence-corrected chi connectivity index (χ3v) is 0.491. The summed E-state index contributed by atoms with van der Waals surface area (Å²) in [4.78, 5) is 0. The van der Waals surface area contributed by atoms with Crippen LogP contribution >= 0.6 is 0 Å². The van der Waals surface area contributed by atoms with Gasteiger partial charge in [0.05, 0.1) is 0 Å². The van der Waals surface area contributed by atoms with Gasteiger partial charge in [-0.15, -0.1) is 0 Å². The van der Waals surface area contributed by atoms with E-state index in [1.807, 2.05) is 0 Å². The molecule has 42 valence electrons. The quantitative estimate of drug-likeness (QED) is 0.300. The van der Waals surface area contributed by atoms with E-state index in [2.05, 4.69) is 5.43 Å². The van der Waals surface area contributed by atoms with Crippen LogP contribution < -0.4 is 11.3 Å². The highest BCUT2D eigenvalue weighted by atomic mass is 19.1. The van der Waals surface area contributed by atoms with Crippen LogP contribution in [0.1, 0.15) is 0 Å². The van der Waals surface area contributed by atoms with Crippen LogP contribution in [0.4, 0.5) is 4.39 Å². The Balaban J connectivity index is 2.78. The molecule has 7 heavy (non-hydrogen) atoms. The van der Waals surface area contributed by atoms with Crippen molar-refractivity contribution < 1.29 is 4.39 Å². The zero-order valence-electron chi connectivity index (χ0n) is 4.02. The SMILES string of the molecule is NNCC=CCF. The van der Waals surface area contributed by atoms with Crippen LogP contribution in [0.5, 0.6) is 0 Å². The summed E-state index contributed by atoms with van der Waals surface area (Å²) in [6.45, 7) is 0.117. The van der Waals surface area contributed by atoms with Crippen LogP contribution in [0.2, 0.25) is 0 Å². The number of hydrazine groups is 1. The summed E-state index contributed by atoms with van der Waals surface area (Å²) in [5.41, 5.74) is 2.35. The summed E-state index contributed by atoms with van der Waals surface area (Å²) in [6.07, 6.45) is 3.03. The Labute approximate surface area is 42.2 Å². The van der Waals surface area contributed by atoms with Crippen molar-refractivity contribution in [1.29, 1.82) is 0 Å². The van der Waals surface area contributed by atoms with E-state index in [0.717, 1.165) is 0 Å². The fraction of sp³-hybridized carbons (Fsp3) is 0.500. The van der Waals surface area contributed by atoms with E-state index in [-0.39, 0.29) is 0 Å². The van der Waals surface area contributed by atoms with Gasteiger partial charge < -0.3 is 0 Å². The van der Waals surface area contributed by atoms with Gasteiger partial charge in [0, 0.05) is 6.54 Å². The summed E-state index contributed by atoms with van der Waals surface area (Å²) < 4.78 is 11.2. The summed E-state index contributed by atoms with van der Waals surface area (Å²) in [7, 11) is 0. The Hall–Kier alpha value is -0.410. The fourth-order valence-corrected chi connectivity index (χ4v) is 0.214. The highest BCUT2D eigenvalue weighted by Gasteiger charge is 1.67. The summed E-state index contributed by atoms with van der Waals surface area (Å²) in [5.74, 6) is 4.85. The van der Waals surface area contributed by atoms with Crippen LogP contribution in [0.25, 0.3) is 0 Å². The molecule has 0 heterocycles. The highest BCUT2D eigenvalue weighted by molar-refractivity contribution is 4.81. The van der Waals surface area contributed by atoms with Crippen molar-refractivity contribution >= 4 is 0 Å². The van der Waals surface area contributed by atoms with Crippen LogP contribution in [-0.2, 0) is 0 Å². The van der Waals surface area contributed by atoms with Gasteiger partial charge in [-0.2, -0.15) is 0 Å². The second-order valence-corrected chi connectivity index (χ2v) is 1.03. The fourth-order valence-electron chi connectivity index (χ4n) is 0.214. The lowest BCUT2D eigenvalue weighted by atomic mass is 10.5. The molecule has 0 amide bonds. The average Bonchev–Trinajstić information content (AvgIpc) is 1.69. The van der Waals surface area contributed by atoms with E-state index in [1.54, 1.807) is 6.08 Å². The number of halogens is 1. The number of allylic oxidation sites excluding steroid dienone is 1. The van der Waals surface area contributed by atoms with Crippen molar-refractivity contribution in [2.45, 2.75) is 0 Å². The number of rotatable bonds is 3. The van der Waals surface area contributed by atoms with E-state index < -0.39 is 6.67 Å². The van der Waals surface area contributed by atoms with Crippen molar-refractivity contribution in [2.24, 2.45) is 5.84 Å². The highest BCUT2D eigenvalue weighted by Crippen LogP contribution is 1.69. The first-order chi connectivity index (χ1) is 3.41. The first-order valence-electron chi connectivity index (χ1n) is 2.06. The Bertz CT molecular complexity index is 53.7. The van der Waals surface area contributed by atoms with E-state index in [0.29, 0.717) is 6.54 Å². The number of nitrogens with two attached hydrogens (primary N) is 1. The number of hydrogen-bond donors (Lipinski definition) is 2. The Morgan fingerprint density at radius 3 is 2.71 bits per heavy atom. The minimum absolute atomic E-state index is 0.415. The van der Waals surface area contributed by atoms with Crippen LogP contribution in [0.15, 0.2) is 12.2 Å². The molecule has 0 aliphatic heterocycles. The molecule has 0 spiro atoms. The second-order valence-electron chi connectivity index (χ2n) is 1.03. The number of nitrogens with one attached hydrogen (secondary N) is 1. The van der Waals surface area contributed by atoms with Gasteiger partial charge in [0.25, 0.3) is 0 Å². The third-order valence-electron chi connectivity index (χ3n) is 0.491. The monoisotopic (exact) mass is 104 g/mol. The largest absolute Gasteiger partial charge is 0.271 e. The molecule has 0 atom stereocenters. The molecule has 0 aromatic heterocycles. The molecule has 0 saturated heterocycles. The van der Waals surface area contributed by atoms with Gasteiger partial charge in [0.2, 0.25) is 0 Å². The van der Waals surface area contributed by atoms with Gasteiger partial charge in [-0.3, -0.25) is 11.3 Å². The van der Waals surface area contributed by atoms with Crippen molar-refractivity contribution in [3.63, 3.8) is 0 Å². The maximum atomic E-state index is 11.2. The molecule has 0 rings (SSSR count). The first kappa shape index (κ1) is 6.59. The topological polar surface area (TPSA) is 38.0 Å². The molecule has 0 saturated carbocycles. The van der Waals surface area contributed by atoms with Crippen molar-refractivity contribution in [1.82, 2.24) is 5.43 Å². The second kappa shape index (κ2) is 5.59. The number of alkyl halides is 1. The van der Waals surface area contributed by atoms with Gasteiger partial charge in [-0.05, 0) is 0 Å². The lowest BCUT2D eigenvalue weighted by molar-refractivity contribution is 0.560. The van der Waals surface area contributed by atoms with E-state index in [9.17, 15) is 4.39 Å². The molecule has 0 fully saturated rings. The van der Waals surface area contributed by atoms with E-state index >= 15 is 0 Å². The average molecular weight is 104 g/mol. The summed E-state index contributed by atoms with van der Waals surface area (Å²) in [6, 6.07) is 0. The Kier molecular flexibility index (Phi) is 5.26. The van der Waals surface area contributed by atoms with Crippen LogP contribution in [0.3, 0.4) is 0 Å². The molecule has 0 aromatic carbocycles. The zero-order valence-corrected chi connectivity index (χ0v) is 4.02. The van der Waals surface area contributed by atoms with Gasteiger partial charge in [-0.25, -0.2) is 4.39 Å². The molecule has 0 radical (unpaired) electrons. The molecule has 3 N–H and O–H groups in total. The van der Waals surface area contributed by atoms with Crippen molar-refractivity contribution in [3.8, 4) is 0 Å². The summed E-state index contributed by atoms with van der Waals surface area (Å²) in [5, 5.41) is 0. The number of hydrogen-bond acceptors (Lipinski definition) is 2. The minimum Gasteiger partial charge on any atom is -0.271 e. The van der Waals surface area contributed by atoms with Crippen molar-refractivity contribution in [2.75, 3.05) is 13.2 Å². The van der Waals surface area contributed by atoms with Crippen LogP contribution in [-0.4, -0.2) is 13.2 Å². The molecule has 0 aliphatic carbocycles. The molecule has 0 bridgehead atoms. The van der Waals surface area contributed by atoms with Crippen LogP contribution in [0, 0.1) is 0 Å². The molecular formula is C4H9FN2. The lowest BCUT2D eigenvalue weighted by Crippen LogP contribution is -2.21. The predicted octanol–water partition coefficient (Wildman–Crippen LogP) is -0.0246. The van der Waals surface area contributed by atoms with Gasteiger partial charge in [-0.1, -0.05) is 12.2 Å². The van der Waals surface area contributed by atoms with Gasteiger partial charge in [0.15, 0.2) is 0 Å². The molecule has 2 nitrogen and oxygen atoms in total.